The van der Waals surface area contributed by atoms with E-state index < -0.39 is 0 Å². The van der Waals surface area contributed by atoms with E-state index in [4.69, 9.17) is 4.74 Å². The number of hydrogen-bond donors (Lipinski definition) is 0. The van der Waals surface area contributed by atoms with Gasteiger partial charge in [-0.15, -0.1) is 5.56 Å². The molecule has 0 spiro atoms. The molecule has 0 aliphatic carbocycles. The van der Waals surface area contributed by atoms with Crippen LogP contribution in [0.2, 0.25) is 0 Å². The van der Waals surface area contributed by atoms with E-state index in [9.17, 15) is 0 Å². The molecule has 1 rings (SSSR count). The molecule has 1 aromatic carbocycles. The molecule has 14 heavy (non-hydrogen) atoms. The van der Waals surface area contributed by atoms with E-state index in [0.717, 1.165) is 6.42 Å². The Hall–Kier alpha value is 0.426. The van der Waals surface area contributed by atoms with Gasteiger partial charge in [0, 0.05) is 6.61 Å². The SMILES string of the molecule is CCC(C)OCc1cc[c-]cc1.[Br-].[Mg+2]. The molecule has 0 amide bonds. The van der Waals surface area contributed by atoms with E-state index in [-0.39, 0.29) is 40.0 Å². The molecule has 74 valence electrons. The number of halogens is 1. The van der Waals surface area contributed by atoms with E-state index in [0.29, 0.717) is 12.7 Å². The Labute approximate surface area is 113 Å². The fourth-order valence-corrected chi connectivity index (χ4v) is 0.874. The van der Waals surface area contributed by atoms with E-state index in [1.54, 1.807) is 0 Å². The quantitative estimate of drug-likeness (QED) is 0.524. The van der Waals surface area contributed by atoms with Crippen LogP contribution in [0.4, 0.5) is 0 Å². The number of ether oxygens (including phenoxy) is 1. The van der Waals surface area contributed by atoms with Crippen molar-refractivity contribution in [2.75, 3.05) is 0 Å². The smallest absolute Gasteiger partial charge is 1.00 e. The molecule has 1 nitrogen and oxygen atoms in total. The molecule has 0 saturated carbocycles. The van der Waals surface area contributed by atoms with Crippen LogP contribution in [0.3, 0.4) is 0 Å². The van der Waals surface area contributed by atoms with Crippen LogP contribution in [-0.4, -0.2) is 29.2 Å². The summed E-state index contributed by atoms with van der Waals surface area (Å²) in [5, 5.41) is 0. The minimum absolute atomic E-state index is 0. The summed E-state index contributed by atoms with van der Waals surface area (Å²) in [6, 6.07) is 10.9. The van der Waals surface area contributed by atoms with Crippen LogP contribution in [0, 0.1) is 6.07 Å². The van der Waals surface area contributed by atoms with Crippen molar-refractivity contribution in [3.05, 3.63) is 35.9 Å². The summed E-state index contributed by atoms with van der Waals surface area (Å²) in [6.45, 7) is 4.93. The molecule has 0 bridgehead atoms. The monoisotopic (exact) mass is 266 g/mol. The van der Waals surface area contributed by atoms with E-state index >= 15 is 0 Å². The second-order valence-corrected chi connectivity index (χ2v) is 2.94. The molecule has 1 aromatic rings. The molecule has 0 N–H and O–H groups in total. The van der Waals surface area contributed by atoms with Crippen molar-refractivity contribution in [1.82, 2.24) is 0 Å². The summed E-state index contributed by atoms with van der Waals surface area (Å²) < 4.78 is 5.56. The largest absolute Gasteiger partial charge is 2.00 e. The first-order valence-electron chi connectivity index (χ1n) is 4.39. The topological polar surface area (TPSA) is 9.23 Å². The van der Waals surface area contributed by atoms with Gasteiger partial charge in [-0.2, -0.15) is 30.3 Å². The van der Waals surface area contributed by atoms with Gasteiger partial charge in [0.1, 0.15) is 0 Å². The average Bonchev–Trinajstić information content (AvgIpc) is 2.16. The van der Waals surface area contributed by atoms with Crippen molar-refractivity contribution in [2.24, 2.45) is 0 Å². The first-order valence-corrected chi connectivity index (χ1v) is 4.39. The van der Waals surface area contributed by atoms with Crippen molar-refractivity contribution in [3.8, 4) is 0 Å². The minimum Gasteiger partial charge on any atom is -1.00 e. The second kappa shape index (κ2) is 9.96. The van der Waals surface area contributed by atoms with Crippen molar-refractivity contribution >= 4 is 23.1 Å². The summed E-state index contributed by atoms with van der Waals surface area (Å²) in [5.41, 5.74) is 1.22. The Morgan fingerprint density at radius 3 is 2.43 bits per heavy atom. The fraction of sp³-hybridized carbons (Fsp3) is 0.455. The standard InChI is InChI=1S/C11H15O.BrH.Mg/c1-3-10(2)12-9-11-7-5-4-6-8-11;;/h5-8,10H,3,9H2,1-2H3;1H;/q-1;;+2/p-1. The van der Waals surface area contributed by atoms with Crippen LogP contribution in [0.15, 0.2) is 24.3 Å². The van der Waals surface area contributed by atoms with Crippen molar-refractivity contribution in [2.45, 2.75) is 33.0 Å². The summed E-state index contributed by atoms with van der Waals surface area (Å²) in [7, 11) is 0. The fourth-order valence-electron chi connectivity index (χ4n) is 0.874. The predicted molar refractivity (Wildman–Crippen MR) is 55.6 cm³/mol. The number of rotatable bonds is 4. The van der Waals surface area contributed by atoms with Crippen LogP contribution in [0.5, 0.6) is 0 Å². The minimum atomic E-state index is 0. The molecule has 1 unspecified atom stereocenters. The van der Waals surface area contributed by atoms with Gasteiger partial charge in [-0.25, -0.2) is 0 Å². The van der Waals surface area contributed by atoms with Gasteiger partial charge in [0.15, 0.2) is 0 Å². The summed E-state index contributed by atoms with van der Waals surface area (Å²) in [5.74, 6) is 0. The average molecular weight is 267 g/mol. The first-order chi connectivity index (χ1) is 5.83. The van der Waals surface area contributed by atoms with Gasteiger partial charge in [0.05, 0.1) is 6.10 Å². The summed E-state index contributed by atoms with van der Waals surface area (Å²) in [4.78, 5) is 0. The molecule has 0 radical (unpaired) electrons. The molecular weight excluding hydrogens is 252 g/mol. The van der Waals surface area contributed by atoms with Gasteiger partial charge in [-0.05, 0) is 13.3 Å². The third-order valence-corrected chi connectivity index (χ3v) is 1.90. The van der Waals surface area contributed by atoms with Gasteiger partial charge in [-0.1, -0.05) is 6.92 Å². The zero-order valence-electron chi connectivity index (χ0n) is 8.79. The third kappa shape index (κ3) is 6.82. The molecule has 0 aliphatic heterocycles. The zero-order valence-corrected chi connectivity index (χ0v) is 11.8. The molecule has 1 atom stereocenters. The van der Waals surface area contributed by atoms with Crippen molar-refractivity contribution in [1.29, 1.82) is 0 Å². The van der Waals surface area contributed by atoms with Gasteiger partial charge < -0.3 is 21.7 Å². The maximum atomic E-state index is 5.56. The molecule has 0 aliphatic rings. The Balaban J connectivity index is 0. The number of hydrogen-bond acceptors (Lipinski definition) is 1. The van der Waals surface area contributed by atoms with Gasteiger partial charge in [0.25, 0.3) is 0 Å². The van der Waals surface area contributed by atoms with Gasteiger partial charge in [-0.3, -0.25) is 0 Å². The summed E-state index contributed by atoms with van der Waals surface area (Å²) in [6.07, 6.45) is 1.42. The van der Waals surface area contributed by atoms with Crippen molar-refractivity contribution in [3.63, 3.8) is 0 Å². The van der Waals surface area contributed by atoms with Crippen LogP contribution < -0.4 is 17.0 Å². The third-order valence-electron chi connectivity index (χ3n) is 1.90. The molecular formula is C11H15BrMgO. The molecule has 3 heteroatoms. The zero-order chi connectivity index (χ0) is 8.81. The van der Waals surface area contributed by atoms with Gasteiger partial charge >= 0.3 is 23.1 Å². The van der Waals surface area contributed by atoms with E-state index in [1.165, 1.54) is 5.56 Å². The number of benzene rings is 1. The maximum Gasteiger partial charge on any atom is 2.00 e. The normalized spacial score (nSPS) is 11.0. The maximum absolute atomic E-state index is 5.56. The van der Waals surface area contributed by atoms with Crippen LogP contribution in [0.25, 0.3) is 0 Å². The Morgan fingerprint density at radius 2 is 1.93 bits per heavy atom. The molecule has 0 heterocycles. The predicted octanol–water partition coefficient (Wildman–Crippen LogP) is -0.575. The van der Waals surface area contributed by atoms with Crippen LogP contribution >= 0.6 is 0 Å². The van der Waals surface area contributed by atoms with Crippen LogP contribution in [-0.2, 0) is 11.3 Å². The molecule has 0 aromatic heterocycles. The molecule has 0 fully saturated rings. The van der Waals surface area contributed by atoms with E-state index in [1.807, 2.05) is 24.3 Å². The Bertz CT molecular complexity index is 216. The second-order valence-electron chi connectivity index (χ2n) is 2.94. The van der Waals surface area contributed by atoms with E-state index in [2.05, 4.69) is 19.9 Å². The first kappa shape index (κ1) is 16.8. The Kier molecular flexibility index (Phi) is 12.0. The molecule has 0 saturated heterocycles. The Morgan fingerprint density at radius 1 is 1.36 bits per heavy atom. The van der Waals surface area contributed by atoms with Crippen LogP contribution in [0.1, 0.15) is 25.8 Å². The van der Waals surface area contributed by atoms with Gasteiger partial charge in [0.2, 0.25) is 0 Å². The van der Waals surface area contributed by atoms with Crippen molar-refractivity contribution < 1.29 is 21.7 Å². The summed E-state index contributed by atoms with van der Waals surface area (Å²) >= 11 is 0.